The van der Waals surface area contributed by atoms with Gasteiger partial charge in [0.1, 0.15) is 11.4 Å². The second-order valence-electron chi connectivity index (χ2n) is 5.67. The molecule has 0 aromatic heterocycles. The highest BCUT2D eigenvalue weighted by atomic mass is 32.2. The largest absolute Gasteiger partial charge is 0.285 e. The number of nitrogens with zero attached hydrogens (tertiary/aromatic N) is 3. The molecule has 0 atom stereocenters. The maximum Gasteiger partial charge on any atom is 0.285 e. The topological polar surface area (TPSA) is 130 Å². The SMILES string of the molecule is CS(=O)(=O)c1ccc(N=NC(=O)CN2C(=O)c3ccccc3S2(=O)=O)cc1. The summed E-state index contributed by atoms with van der Waals surface area (Å²) in [5.74, 6) is -1.74. The van der Waals surface area contributed by atoms with Crippen LogP contribution in [0.15, 0.2) is 68.6 Å². The van der Waals surface area contributed by atoms with E-state index in [1.54, 1.807) is 0 Å². The Bertz CT molecular complexity index is 1170. The van der Waals surface area contributed by atoms with Crippen LogP contribution in [0.5, 0.6) is 0 Å². The van der Waals surface area contributed by atoms with Crippen LogP contribution in [0.1, 0.15) is 10.4 Å². The maximum atomic E-state index is 12.4. The fraction of sp³-hybridized carbons (Fsp3) is 0.125. The van der Waals surface area contributed by atoms with Crippen molar-refractivity contribution in [2.75, 3.05) is 12.8 Å². The predicted molar refractivity (Wildman–Crippen MR) is 93.7 cm³/mol. The zero-order chi connectivity index (χ0) is 19.8. The van der Waals surface area contributed by atoms with Gasteiger partial charge in [0.2, 0.25) is 0 Å². The predicted octanol–water partition coefficient (Wildman–Crippen LogP) is 1.55. The smallest absolute Gasteiger partial charge is 0.269 e. The number of rotatable bonds is 4. The summed E-state index contributed by atoms with van der Waals surface area (Å²) >= 11 is 0. The molecular weight excluding hydrogens is 394 g/mol. The molecule has 0 fully saturated rings. The molecule has 0 N–H and O–H groups in total. The zero-order valence-electron chi connectivity index (χ0n) is 13.9. The van der Waals surface area contributed by atoms with Crippen molar-refractivity contribution in [3.05, 3.63) is 54.1 Å². The van der Waals surface area contributed by atoms with Crippen molar-refractivity contribution in [1.82, 2.24) is 4.31 Å². The molecule has 0 saturated carbocycles. The number of fused-ring (bicyclic) bond motifs is 1. The molecule has 2 amide bonds. The third-order valence-electron chi connectivity index (χ3n) is 3.73. The Labute approximate surface area is 155 Å². The molecule has 0 aliphatic carbocycles. The first-order valence-electron chi connectivity index (χ1n) is 7.51. The minimum atomic E-state index is -4.10. The van der Waals surface area contributed by atoms with Crippen molar-refractivity contribution in [2.45, 2.75) is 9.79 Å². The molecular formula is C16H13N3O6S2. The van der Waals surface area contributed by atoms with Crippen molar-refractivity contribution < 1.29 is 26.4 Å². The summed E-state index contributed by atoms with van der Waals surface area (Å²) in [4.78, 5) is 24.1. The molecule has 0 unspecified atom stereocenters. The van der Waals surface area contributed by atoms with E-state index < -0.39 is 38.2 Å². The normalized spacial score (nSPS) is 15.9. The van der Waals surface area contributed by atoms with Gasteiger partial charge in [-0.15, -0.1) is 10.2 Å². The quantitative estimate of drug-likeness (QED) is 0.707. The van der Waals surface area contributed by atoms with E-state index in [1.807, 2.05) is 0 Å². The van der Waals surface area contributed by atoms with E-state index >= 15 is 0 Å². The molecule has 3 rings (SSSR count). The van der Waals surface area contributed by atoms with E-state index in [2.05, 4.69) is 10.2 Å². The highest BCUT2D eigenvalue weighted by Gasteiger charge is 2.41. The van der Waals surface area contributed by atoms with Gasteiger partial charge in [0, 0.05) is 6.26 Å². The van der Waals surface area contributed by atoms with E-state index in [4.69, 9.17) is 0 Å². The van der Waals surface area contributed by atoms with Gasteiger partial charge in [0.25, 0.3) is 21.8 Å². The minimum Gasteiger partial charge on any atom is -0.269 e. The van der Waals surface area contributed by atoms with Crippen LogP contribution in [0.2, 0.25) is 0 Å². The van der Waals surface area contributed by atoms with Crippen LogP contribution < -0.4 is 0 Å². The van der Waals surface area contributed by atoms with E-state index in [0.29, 0.717) is 4.31 Å². The number of amides is 2. The number of hydrogen-bond acceptors (Lipinski definition) is 7. The second-order valence-corrected chi connectivity index (χ2v) is 9.52. The van der Waals surface area contributed by atoms with Crippen LogP contribution in [0, 0.1) is 0 Å². The number of carbonyl (C=O) groups excluding carboxylic acids is 2. The molecule has 2 aromatic carbocycles. The van der Waals surface area contributed by atoms with Crippen LogP contribution >= 0.6 is 0 Å². The summed E-state index contributed by atoms with van der Waals surface area (Å²) in [5, 5.41) is 7.03. The maximum absolute atomic E-state index is 12.4. The van der Waals surface area contributed by atoms with Gasteiger partial charge < -0.3 is 0 Å². The van der Waals surface area contributed by atoms with Crippen LogP contribution in [0.25, 0.3) is 0 Å². The van der Waals surface area contributed by atoms with Crippen molar-refractivity contribution in [1.29, 1.82) is 0 Å². The second kappa shape index (κ2) is 6.67. The van der Waals surface area contributed by atoms with E-state index in [1.165, 1.54) is 48.5 Å². The summed E-state index contributed by atoms with van der Waals surface area (Å²) in [6.45, 7) is -0.777. The fourth-order valence-electron chi connectivity index (χ4n) is 2.42. The van der Waals surface area contributed by atoms with Crippen LogP contribution in [0.4, 0.5) is 5.69 Å². The third-order valence-corrected chi connectivity index (χ3v) is 6.65. The lowest BCUT2D eigenvalue weighted by Crippen LogP contribution is -2.34. The molecule has 27 heavy (non-hydrogen) atoms. The Kier molecular flexibility index (Phi) is 4.66. The van der Waals surface area contributed by atoms with Gasteiger partial charge in [0.15, 0.2) is 9.84 Å². The van der Waals surface area contributed by atoms with Gasteiger partial charge in [-0.1, -0.05) is 12.1 Å². The average Bonchev–Trinajstić information content (AvgIpc) is 2.81. The summed E-state index contributed by atoms with van der Waals surface area (Å²) in [6, 6.07) is 11.0. The van der Waals surface area contributed by atoms with Gasteiger partial charge in [0.05, 0.1) is 16.1 Å². The summed E-state index contributed by atoms with van der Waals surface area (Å²) in [7, 11) is -7.46. The highest BCUT2D eigenvalue weighted by molar-refractivity contribution is 7.90. The Morgan fingerprint density at radius 3 is 2.30 bits per heavy atom. The highest BCUT2D eigenvalue weighted by Crippen LogP contribution is 2.29. The Hall–Kier alpha value is -2.92. The number of sulfone groups is 1. The molecule has 0 spiro atoms. The first-order chi connectivity index (χ1) is 12.6. The van der Waals surface area contributed by atoms with E-state index in [9.17, 15) is 26.4 Å². The summed E-state index contributed by atoms with van der Waals surface area (Å²) < 4.78 is 47.9. The van der Waals surface area contributed by atoms with Gasteiger partial charge in [-0.05, 0) is 36.4 Å². The Balaban J connectivity index is 1.75. The minimum absolute atomic E-state index is 0.00129. The van der Waals surface area contributed by atoms with Crippen LogP contribution in [0.3, 0.4) is 0 Å². The first-order valence-corrected chi connectivity index (χ1v) is 10.8. The number of benzene rings is 2. The van der Waals surface area contributed by atoms with Crippen LogP contribution in [-0.4, -0.2) is 45.8 Å². The zero-order valence-corrected chi connectivity index (χ0v) is 15.6. The van der Waals surface area contributed by atoms with E-state index in [-0.39, 0.29) is 21.0 Å². The number of azo groups is 1. The molecule has 11 heteroatoms. The molecule has 2 aromatic rings. The van der Waals surface area contributed by atoms with Crippen molar-refractivity contribution in [3.63, 3.8) is 0 Å². The number of hydrogen-bond donors (Lipinski definition) is 0. The van der Waals surface area contributed by atoms with Crippen molar-refractivity contribution in [3.8, 4) is 0 Å². The molecule has 1 heterocycles. The fourth-order valence-corrected chi connectivity index (χ4v) is 4.56. The summed E-state index contributed by atoms with van der Waals surface area (Å²) in [6.07, 6.45) is 1.05. The molecule has 1 aliphatic heterocycles. The molecule has 0 radical (unpaired) electrons. The summed E-state index contributed by atoms with van der Waals surface area (Å²) in [5.41, 5.74) is 0.202. The molecule has 9 nitrogen and oxygen atoms in total. The van der Waals surface area contributed by atoms with Crippen molar-refractivity contribution >= 4 is 37.4 Å². The standard InChI is InChI=1S/C16H13N3O6S2/c1-26(22,23)12-8-6-11(7-9-12)17-18-15(20)10-19-16(21)13-4-2-3-5-14(13)27(19,24)25/h2-9H,10H2,1H3. The lowest BCUT2D eigenvalue weighted by atomic mass is 10.2. The van der Waals surface area contributed by atoms with Crippen molar-refractivity contribution in [2.24, 2.45) is 10.2 Å². The van der Waals surface area contributed by atoms with Gasteiger partial charge in [-0.25, -0.2) is 21.1 Å². The Morgan fingerprint density at radius 2 is 1.70 bits per heavy atom. The molecule has 1 aliphatic rings. The number of carbonyl (C=O) groups is 2. The third kappa shape index (κ3) is 3.64. The average molecular weight is 407 g/mol. The van der Waals surface area contributed by atoms with Gasteiger partial charge in [-0.2, -0.15) is 0 Å². The number of sulfonamides is 1. The molecule has 0 saturated heterocycles. The Morgan fingerprint density at radius 1 is 1.07 bits per heavy atom. The molecule has 0 bridgehead atoms. The first kappa shape index (κ1) is 18.9. The lowest BCUT2D eigenvalue weighted by Gasteiger charge is -2.11. The molecule has 140 valence electrons. The monoisotopic (exact) mass is 407 g/mol. The van der Waals surface area contributed by atoms with Gasteiger partial charge in [-0.3, -0.25) is 9.59 Å². The van der Waals surface area contributed by atoms with Crippen LogP contribution in [-0.2, 0) is 24.7 Å². The lowest BCUT2D eigenvalue weighted by molar-refractivity contribution is -0.118. The van der Waals surface area contributed by atoms with Gasteiger partial charge >= 0.3 is 0 Å². The van der Waals surface area contributed by atoms with E-state index in [0.717, 1.165) is 6.26 Å².